The second-order valence-corrected chi connectivity index (χ2v) is 6.35. The predicted molar refractivity (Wildman–Crippen MR) is 81.0 cm³/mol. The van der Waals surface area contributed by atoms with Gasteiger partial charge in [0.1, 0.15) is 0 Å². The average Bonchev–Trinajstić information content (AvgIpc) is 2.80. The molecule has 3 atom stereocenters. The third-order valence-electron chi connectivity index (χ3n) is 4.44. The molecule has 0 aromatic carbocycles. The van der Waals surface area contributed by atoms with Crippen molar-refractivity contribution in [2.45, 2.75) is 51.6 Å². The number of nitrogens with zero attached hydrogens (tertiary/aromatic N) is 2. The van der Waals surface area contributed by atoms with Crippen LogP contribution in [0.4, 0.5) is 0 Å². The number of piperazine rings is 1. The third kappa shape index (κ3) is 3.08. The molecule has 2 rings (SSSR count). The topological polar surface area (TPSA) is 49.6 Å². The minimum absolute atomic E-state index is 0.147. The highest BCUT2D eigenvalue weighted by atomic mass is 32.1. The molecule has 4 nitrogen and oxygen atoms in total. The minimum Gasteiger partial charge on any atom is -0.393 e. The molecule has 0 aromatic heterocycles. The van der Waals surface area contributed by atoms with Crippen molar-refractivity contribution in [1.82, 2.24) is 9.80 Å². The first kappa shape index (κ1) is 14.7. The van der Waals surface area contributed by atoms with E-state index in [1.165, 1.54) is 19.4 Å². The van der Waals surface area contributed by atoms with Gasteiger partial charge in [-0.15, -0.1) is 0 Å². The Bertz CT molecular complexity index is 361. The Kier molecular flexibility index (Phi) is 4.79. The number of carbonyl (C=O) groups excluding carboxylic acids is 1. The maximum atomic E-state index is 12.7. The van der Waals surface area contributed by atoms with Crippen LogP contribution in [-0.4, -0.2) is 52.4 Å². The molecule has 108 valence electrons. The molecule has 5 heteroatoms. The lowest BCUT2D eigenvalue weighted by Gasteiger charge is -2.43. The Labute approximate surface area is 121 Å². The van der Waals surface area contributed by atoms with Crippen molar-refractivity contribution in [2.24, 2.45) is 11.7 Å². The number of thiocarbonyl (C=S) groups is 1. The number of hydrogen-bond donors (Lipinski definition) is 1. The number of carbonyl (C=O) groups is 1. The van der Waals surface area contributed by atoms with E-state index < -0.39 is 0 Å². The molecule has 0 saturated carbocycles. The van der Waals surface area contributed by atoms with Gasteiger partial charge in [0.15, 0.2) is 0 Å². The lowest BCUT2D eigenvalue weighted by molar-refractivity contribution is -0.139. The summed E-state index contributed by atoms with van der Waals surface area (Å²) in [4.78, 5) is 17.6. The molecule has 0 spiro atoms. The van der Waals surface area contributed by atoms with Crippen molar-refractivity contribution in [3.8, 4) is 0 Å². The number of rotatable bonds is 4. The molecule has 2 N–H and O–H groups in total. The van der Waals surface area contributed by atoms with Gasteiger partial charge >= 0.3 is 0 Å². The molecular formula is C14H25N3OS. The van der Waals surface area contributed by atoms with Gasteiger partial charge in [0.25, 0.3) is 0 Å². The van der Waals surface area contributed by atoms with E-state index in [9.17, 15) is 4.79 Å². The smallest absolute Gasteiger partial charge is 0.232 e. The largest absolute Gasteiger partial charge is 0.393 e. The normalized spacial score (nSPS) is 29.1. The van der Waals surface area contributed by atoms with Gasteiger partial charge in [-0.1, -0.05) is 25.6 Å². The van der Waals surface area contributed by atoms with Gasteiger partial charge in [-0.2, -0.15) is 0 Å². The van der Waals surface area contributed by atoms with Crippen LogP contribution in [0.25, 0.3) is 0 Å². The van der Waals surface area contributed by atoms with E-state index in [2.05, 4.69) is 18.7 Å². The fourth-order valence-corrected chi connectivity index (χ4v) is 3.59. The Morgan fingerprint density at radius 2 is 2.21 bits per heavy atom. The van der Waals surface area contributed by atoms with Gasteiger partial charge in [0, 0.05) is 25.2 Å². The molecule has 2 heterocycles. The van der Waals surface area contributed by atoms with Crippen molar-refractivity contribution in [3.05, 3.63) is 0 Å². The van der Waals surface area contributed by atoms with E-state index in [1.807, 2.05) is 4.90 Å². The van der Waals surface area contributed by atoms with Crippen LogP contribution < -0.4 is 5.73 Å². The fourth-order valence-electron chi connectivity index (χ4n) is 3.37. The monoisotopic (exact) mass is 283 g/mol. The lowest BCUT2D eigenvalue weighted by atomic mass is 9.99. The summed E-state index contributed by atoms with van der Waals surface area (Å²) in [6.07, 6.45) is 4.17. The summed E-state index contributed by atoms with van der Waals surface area (Å²) in [5.74, 6) is -0.121. The summed E-state index contributed by atoms with van der Waals surface area (Å²) in [5.41, 5.74) is 5.76. The van der Waals surface area contributed by atoms with Gasteiger partial charge in [0.05, 0.1) is 10.9 Å². The first-order valence-electron chi connectivity index (χ1n) is 7.38. The van der Waals surface area contributed by atoms with Crippen LogP contribution in [0.2, 0.25) is 0 Å². The molecule has 19 heavy (non-hydrogen) atoms. The summed E-state index contributed by atoms with van der Waals surface area (Å²) in [5, 5.41) is 0. The second kappa shape index (κ2) is 6.18. The molecule has 0 aromatic rings. The zero-order valence-electron chi connectivity index (χ0n) is 12.0. The van der Waals surface area contributed by atoms with E-state index in [0.717, 1.165) is 25.9 Å². The van der Waals surface area contributed by atoms with Crippen LogP contribution in [0.1, 0.15) is 39.5 Å². The van der Waals surface area contributed by atoms with E-state index >= 15 is 0 Å². The lowest BCUT2D eigenvalue weighted by Crippen LogP contribution is -2.58. The molecule has 1 amide bonds. The van der Waals surface area contributed by atoms with Crippen molar-refractivity contribution in [3.63, 3.8) is 0 Å². The van der Waals surface area contributed by atoms with Crippen molar-refractivity contribution in [2.75, 3.05) is 19.6 Å². The zero-order valence-corrected chi connectivity index (χ0v) is 12.8. The van der Waals surface area contributed by atoms with Gasteiger partial charge < -0.3 is 10.6 Å². The highest BCUT2D eigenvalue weighted by molar-refractivity contribution is 7.80. The molecular weight excluding hydrogens is 258 g/mol. The van der Waals surface area contributed by atoms with Crippen molar-refractivity contribution in [1.29, 1.82) is 0 Å². The first-order valence-corrected chi connectivity index (χ1v) is 7.79. The number of fused-ring (bicyclic) bond motifs is 1. The summed E-state index contributed by atoms with van der Waals surface area (Å²) < 4.78 is 0. The van der Waals surface area contributed by atoms with Crippen LogP contribution in [0.15, 0.2) is 0 Å². The SMILES string of the molecule is CCCC(C(=O)N1CC2CCCN2CC1C)C(N)=S. The fraction of sp³-hybridized carbons (Fsp3) is 0.857. The molecule has 3 unspecified atom stereocenters. The van der Waals surface area contributed by atoms with Gasteiger partial charge in [-0.05, 0) is 32.7 Å². The predicted octanol–water partition coefficient (Wildman–Crippen LogP) is 1.38. The number of hydrogen-bond acceptors (Lipinski definition) is 3. The standard InChI is InChI=1S/C14H25N3OS/c1-3-5-12(13(15)19)14(18)17-9-11-6-4-7-16(11)8-10(17)2/h10-12H,3-9H2,1-2H3,(H2,15,19). The Balaban J connectivity index is 2.06. The van der Waals surface area contributed by atoms with Crippen LogP contribution in [0.3, 0.4) is 0 Å². The Hall–Kier alpha value is -0.680. The molecule has 0 bridgehead atoms. The van der Waals surface area contributed by atoms with E-state index in [1.54, 1.807) is 0 Å². The number of amides is 1. The minimum atomic E-state index is -0.268. The van der Waals surface area contributed by atoms with Gasteiger partial charge in [-0.25, -0.2) is 0 Å². The van der Waals surface area contributed by atoms with Crippen molar-refractivity contribution < 1.29 is 4.79 Å². The number of nitrogens with two attached hydrogens (primary N) is 1. The van der Waals surface area contributed by atoms with E-state index in [0.29, 0.717) is 11.0 Å². The van der Waals surface area contributed by atoms with Crippen LogP contribution >= 0.6 is 12.2 Å². The summed E-state index contributed by atoms with van der Waals surface area (Å²) >= 11 is 5.08. The van der Waals surface area contributed by atoms with E-state index in [-0.39, 0.29) is 17.9 Å². The first-order chi connectivity index (χ1) is 9.04. The zero-order chi connectivity index (χ0) is 14.0. The van der Waals surface area contributed by atoms with Crippen LogP contribution in [0, 0.1) is 5.92 Å². The maximum Gasteiger partial charge on any atom is 0.232 e. The Morgan fingerprint density at radius 3 is 2.84 bits per heavy atom. The van der Waals surface area contributed by atoms with Crippen LogP contribution in [-0.2, 0) is 4.79 Å². The van der Waals surface area contributed by atoms with Crippen molar-refractivity contribution >= 4 is 23.1 Å². The Morgan fingerprint density at radius 1 is 1.47 bits per heavy atom. The van der Waals surface area contributed by atoms with E-state index in [4.69, 9.17) is 18.0 Å². The summed E-state index contributed by atoms with van der Waals surface area (Å²) in [7, 11) is 0. The molecule has 0 radical (unpaired) electrons. The molecule has 2 saturated heterocycles. The third-order valence-corrected chi connectivity index (χ3v) is 4.72. The molecule has 2 aliphatic rings. The second-order valence-electron chi connectivity index (χ2n) is 5.87. The molecule has 2 aliphatic heterocycles. The maximum absolute atomic E-state index is 12.7. The van der Waals surface area contributed by atoms with Gasteiger partial charge in [-0.3, -0.25) is 9.69 Å². The highest BCUT2D eigenvalue weighted by Crippen LogP contribution is 2.26. The van der Waals surface area contributed by atoms with Crippen LogP contribution in [0.5, 0.6) is 0 Å². The van der Waals surface area contributed by atoms with Gasteiger partial charge in [0.2, 0.25) is 5.91 Å². The quantitative estimate of drug-likeness (QED) is 0.792. The average molecular weight is 283 g/mol. The highest BCUT2D eigenvalue weighted by Gasteiger charge is 2.38. The molecule has 2 fully saturated rings. The summed E-state index contributed by atoms with van der Waals surface area (Å²) in [6.45, 7) is 7.23. The summed E-state index contributed by atoms with van der Waals surface area (Å²) in [6, 6.07) is 0.823. The molecule has 0 aliphatic carbocycles.